The Hall–Kier alpha value is -2.83. The molecule has 2 aromatic rings. The van der Waals surface area contributed by atoms with Crippen molar-refractivity contribution in [3.8, 4) is 0 Å². The van der Waals surface area contributed by atoms with Gasteiger partial charge in [-0.3, -0.25) is 14.6 Å². The number of para-hydroxylation sites is 1. The van der Waals surface area contributed by atoms with Gasteiger partial charge in [0.25, 0.3) is 0 Å². The van der Waals surface area contributed by atoms with E-state index < -0.39 is 36.2 Å². The van der Waals surface area contributed by atoms with Gasteiger partial charge in [-0.15, -0.1) is 0 Å². The average molecular weight is 519 g/mol. The van der Waals surface area contributed by atoms with E-state index in [1.165, 1.54) is 7.11 Å². The second kappa shape index (κ2) is 11.5. The molecular weight excluding hydrogens is 492 g/mol. The minimum Gasteiger partial charge on any atom is -0.468 e. The molecule has 0 spiro atoms. The number of nitrogens with two attached hydrogens (primary N) is 1. The first-order chi connectivity index (χ1) is 16.9. The van der Waals surface area contributed by atoms with Crippen molar-refractivity contribution < 1.29 is 40.6 Å². The molecule has 2 N–H and O–H groups in total. The number of esters is 1. The van der Waals surface area contributed by atoms with Crippen molar-refractivity contribution in [1.82, 2.24) is 9.80 Å². The Morgan fingerprint density at radius 2 is 1.50 bits per heavy atom. The summed E-state index contributed by atoms with van der Waals surface area (Å²) in [5.41, 5.74) is 4.03. The summed E-state index contributed by atoms with van der Waals surface area (Å²) in [6.45, 7) is 2.30. The van der Waals surface area contributed by atoms with Crippen molar-refractivity contribution in [2.75, 3.05) is 52.1 Å². The van der Waals surface area contributed by atoms with E-state index in [-0.39, 0.29) is 24.1 Å². The number of hydrogen-bond acceptors (Lipinski definition) is 6. The Bertz CT molecular complexity index is 1000. The van der Waals surface area contributed by atoms with Crippen molar-refractivity contribution in [2.45, 2.75) is 25.1 Å². The quantitative estimate of drug-likeness (QED) is 0.318. The number of alkyl halides is 6. The summed E-state index contributed by atoms with van der Waals surface area (Å²) in [6.07, 6.45) is -10.6. The number of rotatable bonds is 8. The van der Waals surface area contributed by atoms with Gasteiger partial charge < -0.3 is 15.2 Å². The molecule has 6 nitrogen and oxygen atoms in total. The first kappa shape index (κ1) is 27.8. The first-order valence-electron chi connectivity index (χ1n) is 11.1. The number of halogens is 6. The van der Waals surface area contributed by atoms with Gasteiger partial charge in [-0.05, 0) is 29.8 Å². The number of hydrogen-bond donors (Lipinski definition) is 1. The van der Waals surface area contributed by atoms with Crippen LogP contribution in [-0.2, 0) is 33.2 Å². The van der Waals surface area contributed by atoms with E-state index in [0.717, 1.165) is 0 Å². The van der Waals surface area contributed by atoms with Gasteiger partial charge in [-0.25, -0.2) is 0 Å². The predicted octanol–water partition coefficient (Wildman–Crippen LogP) is 4.35. The molecule has 12 heteroatoms. The maximum Gasteiger partial charge on any atom is 0.416 e. The maximum atomic E-state index is 13.2. The highest BCUT2D eigenvalue weighted by molar-refractivity contribution is 5.71. The molecule has 3 rings (SSSR count). The molecule has 2 aromatic carbocycles. The molecule has 1 aliphatic heterocycles. The summed E-state index contributed by atoms with van der Waals surface area (Å²) < 4.78 is 90.0. The molecule has 1 heterocycles. The van der Waals surface area contributed by atoms with Crippen LogP contribution < -0.4 is 5.73 Å². The number of nitrogens with zero attached hydrogens (tertiary/aromatic N) is 2. The van der Waals surface area contributed by atoms with Gasteiger partial charge in [0.05, 0.1) is 37.5 Å². The number of ether oxygens (including phenoxy) is 2. The van der Waals surface area contributed by atoms with Gasteiger partial charge in [0, 0.05) is 44.0 Å². The Labute approximate surface area is 204 Å². The maximum absolute atomic E-state index is 13.2. The molecular formula is C24H27F6N3O3. The second-order valence-electron chi connectivity index (χ2n) is 8.50. The van der Waals surface area contributed by atoms with Crippen LogP contribution in [0.1, 0.15) is 28.4 Å². The zero-order valence-electron chi connectivity index (χ0n) is 19.5. The predicted molar refractivity (Wildman–Crippen MR) is 120 cm³/mol. The van der Waals surface area contributed by atoms with Crippen LogP contribution in [0.25, 0.3) is 0 Å². The van der Waals surface area contributed by atoms with Crippen molar-refractivity contribution in [1.29, 1.82) is 0 Å². The lowest BCUT2D eigenvalue weighted by Crippen LogP contribution is -2.49. The van der Waals surface area contributed by atoms with Crippen molar-refractivity contribution in [3.05, 3.63) is 64.7 Å². The van der Waals surface area contributed by atoms with Crippen LogP contribution in [0.3, 0.4) is 0 Å². The third-order valence-electron chi connectivity index (χ3n) is 5.91. The summed E-state index contributed by atoms with van der Waals surface area (Å²) in [6, 6.07) is 8.20. The molecule has 1 unspecified atom stereocenters. The molecule has 0 bridgehead atoms. The number of methoxy groups -OCH3 is 1. The Morgan fingerprint density at radius 1 is 0.944 bits per heavy atom. The SMILES string of the molecule is COC(=O)CN1CCN(CC(OCc2cc(C(F)(F)F)cc(C(F)(F)F)c2)c2ccccc2N)CC1. The molecule has 1 aliphatic rings. The molecule has 0 aliphatic carbocycles. The normalized spacial score (nSPS) is 16.6. The van der Waals surface area contributed by atoms with E-state index in [9.17, 15) is 31.1 Å². The third-order valence-corrected chi connectivity index (χ3v) is 5.91. The van der Waals surface area contributed by atoms with Gasteiger partial charge in [-0.2, -0.15) is 26.3 Å². The summed E-state index contributed by atoms with van der Waals surface area (Å²) in [4.78, 5) is 15.5. The van der Waals surface area contributed by atoms with Crippen LogP contribution in [0.2, 0.25) is 0 Å². The van der Waals surface area contributed by atoms with Crippen LogP contribution in [0.5, 0.6) is 0 Å². The third kappa shape index (κ3) is 7.58. The van der Waals surface area contributed by atoms with Crippen molar-refractivity contribution >= 4 is 11.7 Å². The number of nitrogen functional groups attached to an aromatic ring is 1. The number of carbonyl (C=O) groups excluding carboxylic acids is 1. The van der Waals surface area contributed by atoms with E-state index in [2.05, 4.69) is 4.74 Å². The fourth-order valence-electron chi connectivity index (χ4n) is 3.96. The van der Waals surface area contributed by atoms with Crippen LogP contribution in [0, 0.1) is 0 Å². The van der Waals surface area contributed by atoms with E-state index in [1.807, 2.05) is 9.80 Å². The smallest absolute Gasteiger partial charge is 0.416 e. The van der Waals surface area contributed by atoms with Crippen molar-refractivity contribution in [2.24, 2.45) is 0 Å². The van der Waals surface area contributed by atoms with Gasteiger partial charge in [-0.1, -0.05) is 18.2 Å². The van der Waals surface area contributed by atoms with E-state index in [1.54, 1.807) is 24.3 Å². The average Bonchev–Trinajstić information content (AvgIpc) is 2.82. The number of benzene rings is 2. The lowest BCUT2D eigenvalue weighted by atomic mass is 10.0. The summed E-state index contributed by atoms with van der Waals surface area (Å²) in [5.74, 6) is -0.346. The van der Waals surface area contributed by atoms with Crippen LogP contribution in [0.4, 0.5) is 32.0 Å². The van der Waals surface area contributed by atoms with Gasteiger partial charge in [0.15, 0.2) is 0 Å². The van der Waals surface area contributed by atoms with Gasteiger partial charge in [0.1, 0.15) is 0 Å². The van der Waals surface area contributed by atoms with Crippen molar-refractivity contribution in [3.63, 3.8) is 0 Å². The lowest BCUT2D eigenvalue weighted by Gasteiger charge is -2.36. The lowest BCUT2D eigenvalue weighted by molar-refractivity contribution is -0.144. The molecule has 1 fully saturated rings. The highest BCUT2D eigenvalue weighted by atomic mass is 19.4. The minimum absolute atomic E-state index is 0.0873. The largest absolute Gasteiger partial charge is 0.468 e. The Balaban J connectivity index is 1.77. The molecule has 0 aromatic heterocycles. The summed E-state index contributed by atoms with van der Waals surface area (Å²) in [7, 11) is 1.31. The molecule has 198 valence electrons. The zero-order chi connectivity index (χ0) is 26.5. The second-order valence-corrected chi connectivity index (χ2v) is 8.50. The number of carbonyl (C=O) groups is 1. The number of piperazine rings is 1. The fourth-order valence-corrected chi connectivity index (χ4v) is 3.96. The molecule has 1 saturated heterocycles. The molecule has 0 amide bonds. The number of anilines is 1. The van der Waals surface area contributed by atoms with Gasteiger partial charge >= 0.3 is 18.3 Å². The Kier molecular flexibility index (Phi) is 8.85. The van der Waals surface area contributed by atoms with Crippen LogP contribution in [-0.4, -0.2) is 62.1 Å². The van der Waals surface area contributed by atoms with Crippen LogP contribution in [0.15, 0.2) is 42.5 Å². The molecule has 1 atom stereocenters. The first-order valence-corrected chi connectivity index (χ1v) is 11.1. The minimum atomic E-state index is -4.94. The Morgan fingerprint density at radius 3 is 2.03 bits per heavy atom. The summed E-state index contributed by atoms with van der Waals surface area (Å²) in [5, 5.41) is 0. The van der Waals surface area contributed by atoms with E-state index in [0.29, 0.717) is 56.1 Å². The topological polar surface area (TPSA) is 68.0 Å². The molecule has 0 radical (unpaired) electrons. The van der Waals surface area contributed by atoms with E-state index in [4.69, 9.17) is 10.5 Å². The highest BCUT2D eigenvalue weighted by Gasteiger charge is 2.37. The van der Waals surface area contributed by atoms with E-state index >= 15 is 0 Å². The molecule has 36 heavy (non-hydrogen) atoms. The summed E-state index contributed by atoms with van der Waals surface area (Å²) >= 11 is 0. The van der Waals surface area contributed by atoms with Crippen LogP contribution >= 0.6 is 0 Å². The van der Waals surface area contributed by atoms with Gasteiger partial charge in [0.2, 0.25) is 0 Å². The molecule has 0 saturated carbocycles. The standard InChI is InChI=1S/C24H27F6N3O3/c1-35-22(34)14-33-8-6-32(7-9-33)13-21(19-4-2-3-5-20(19)31)36-15-16-10-17(23(25,26)27)12-18(11-16)24(28,29)30/h2-5,10-12,21H,6-9,13-15,31H2,1H3. The monoisotopic (exact) mass is 519 g/mol. The zero-order valence-corrected chi connectivity index (χ0v) is 19.5. The highest BCUT2D eigenvalue weighted by Crippen LogP contribution is 2.37. The fraction of sp³-hybridized carbons (Fsp3) is 0.458.